The van der Waals surface area contributed by atoms with Crippen molar-refractivity contribution in [2.45, 2.75) is 45.1 Å². The Balaban J connectivity index is 2.18. The van der Waals surface area contributed by atoms with Crippen LogP contribution >= 0.6 is 0 Å². The van der Waals surface area contributed by atoms with Crippen LogP contribution in [0, 0.1) is 18.7 Å². The van der Waals surface area contributed by atoms with Gasteiger partial charge in [0.15, 0.2) is 0 Å². The molecular formula is C14H20FN. The first kappa shape index (κ1) is 11.6. The van der Waals surface area contributed by atoms with Gasteiger partial charge in [0.25, 0.3) is 0 Å². The minimum Gasteiger partial charge on any atom is -0.324 e. The number of halogens is 1. The number of hydrogen-bond donors (Lipinski definition) is 1. The highest BCUT2D eigenvalue weighted by Crippen LogP contribution is 2.33. The lowest BCUT2D eigenvalue weighted by molar-refractivity contribution is 0.303. The molecule has 1 fully saturated rings. The first-order valence-electron chi connectivity index (χ1n) is 6.20. The molecule has 0 aromatic heterocycles. The van der Waals surface area contributed by atoms with Crippen LogP contribution in [0.2, 0.25) is 0 Å². The van der Waals surface area contributed by atoms with Crippen molar-refractivity contribution in [2.24, 2.45) is 11.7 Å². The van der Waals surface area contributed by atoms with Gasteiger partial charge < -0.3 is 5.73 Å². The Bertz CT molecular complexity index is 356. The number of hydrogen-bond acceptors (Lipinski definition) is 1. The summed E-state index contributed by atoms with van der Waals surface area (Å²) in [4.78, 5) is 0. The molecule has 1 saturated carbocycles. The van der Waals surface area contributed by atoms with Gasteiger partial charge in [0.05, 0.1) is 0 Å². The van der Waals surface area contributed by atoms with Crippen LogP contribution in [0.1, 0.15) is 49.3 Å². The third-order valence-corrected chi connectivity index (χ3v) is 3.67. The van der Waals surface area contributed by atoms with E-state index in [1.807, 2.05) is 13.0 Å². The van der Waals surface area contributed by atoms with E-state index in [9.17, 15) is 4.39 Å². The zero-order valence-electron chi connectivity index (χ0n) is 9.88. The number of rotatable bonds is 2. The molecule has 2 rings (SSSR count). The van der Waals surface area contributed by atoms with Crippen molar-refractivity contribution < 1.29 is 4.39 Å². The van der Waals surface area contributed by atoms with Crippen LogP contribution in [0.5, 0.6) is 0 Å². The lowest BCUT2D eigenvalue weighted by atomic mass is 9.81. The molecule has 1 aromatic carbocycles. The second-order valence-electron chi connectivity index (χ2n) is 4.95. The average Bonchev–Trinajstić information content (AvgIpc) is 2.32. The van der Waals surface area contributed by atoms with E-state index in [0.29, 0.717) is 11.5 Å². The molecular weight excluding hydrogens is 201 g/mol. The molecule has 1 aliphatic rings. The molecule has 0 heterocycles. The SMILES string of the molecule is Cc1ccc(F)c([C@H](N)C2CCCCC2)c1. The highest BCUT2D eigenvalue weighted by Gasteiger charge is 2.23. The monoisotopic (exact) mass is 221 g/mol. The fraction of sp³-hybridized carbons (Fsp3) is 0.571. The predicted octanol–water partition coefficient (Wildman–Crippen LogP) is 3.71. The van der Waals surface area contributed by atoms with Gasteiger partial charge in [-0.3, -0.25) is 0 Å². The largest absolute Gasteiger partial charge is 0.324 e. The summed E-state index contributed by atoms with van der Waals surface area (Å²) in [5.74, 6) is 0.314. The molecule has 0 bridgehead atoms. The van der Waals surface area contributed by atoms with Crippen LogP contribution in [0.15, 0.2) is 18.2 Å². The van der Waals surface area contributed by atoms with Gasteiger partial charge in [0.1, 0.15) is 5.82 Å². The highest BCUT2D eigenvalue weighted by atomic mass is 19.1. The van der Waals surface area contributed by atoms with E-state index in [2.05, 4.69) is 0 Å². The summed E-state index contributed by atoms with van der Waals surface area (Å²) in [5.41, 5.74) is 7.99. The fourth-order valence-electron chi connectivity index (χ4n) is 2.67. The molecule has 16 heavy (non-hydrogen) atoms. The molecule has 2 N–H and O–H groups in total. The molecule has 0 amide bonds. The second kappa shape index (κ2) is 4.96. The third-order valence-electron chi connectivity index (χ3n) is 3.67. The lowest BCUT2D eigenvalue weighted by Gasteiger charge is -2.28. The zero-order valence-corrected chi connectivity index (χ0v) is 9.88. The van der Waals surface area contributed by atoms with Crippen LogP contribution in [0.4, 0.5) is 4.39 Å². The Labute approximate surface area is 96.9 Å². The summed E-state index contributed by atoms with van der Waals surface area (Å²) >= 11 is 0. The Hall–Kier alpha value is -0.890. The van der Waals surface area contributed by atoms with Crippen LogP contribution in [-0.2, 0) is 0 Å². The van der Waals surface area contributed by atoms with Crippen molar-refractivity contribution in [3.63, 3.8) is 0 Å². The molecule has 0 spiro atoms. The predicted molar refractivity (Wildman–Crippen MR) is 64.6 cm³/mol. The van der Waals surface area contributed by atoms with Crippen molar-refractivity contribution >= 4 is 0 Å². The number of benzene rings is 1. The van der Waals surface area contributed by atoms with Crippen LogP contribution < -0.4 is 5.73 Å². The Morgan fingerprint density at radius 1 is 1.25 bits per heavy atom. The van der Waals surface area contributed by atoms with Crippen LogP contribution in [-0.4, -0.2) is 0 Å². The van der Waals surface area contributed by atoms with Crippen molar-refractivity contribution in [3.8, 4) is 0 Å². The minimum atomic E-state index is -0.149. The molecule has 0 saturated heterocycles. The van der Waals surface area contributed by atoms with E-state index < -0.39 is 0 Å². The van der Waals surface area contributed by atoms with Crippen molar-refractivity contribution in [3.05, 3.63) is 35.1 Å². The van der Waals surface area contributed by atoms with Gasteiger partial charge in [-0.05, 0) is 31.7 Å². The summed E-state index contributed by atoms with van der Waals surface area (Å²) < 4.78 is 13.7. The Morgan fingerprint density at radius 2 is 1.94 bits per heavy atom. The summed E-state index contributed by atoms with van der Waals surface area (Å²) in [6, 6.07) is 5.11. The number of nitrogens with two attached hydrogens (primary N) is 1. The summed E-state index contributed by atoms with van der Waals surface area (Å²) in [6.07, 6.45) is 6.08. The maximum absolute atomic E-state index is 13.7. The smallest absolute Gasteiger partial charge is 0.127 e. The first-order valence-corrected chi connectivity index (χ1v) is 6.20. The van der Waals surface area contributed by atoms with E-state index in [-0.39, 0.29) is 11.9 Å². The second-order valence-corrected chi connectivity index (χ2v) is 4.95. The van der Waals surface area contributed by atoms with Crippen molar-refractivity contribution in [1.82, 2.24) is 0 Å². The van der Waals surface area contributed by atoms with E-state index in [1.54, 1.807) is 6.07 Å². The van der Waals surface area contributed by atoms with Gasteiger partial charge >= 0.3 is 0 Å². The molecule has 0 aliphatic heterocycles. The molecule has 2 heteroatoms. The first-order chi connectivity index (χ1) is 7.68. The Kier molecular flexibility index (Phi) is 3.59. The molecule has 1 atom stereocenters. The topological polar surface area (TPSA) is 26.0 Å². The van der Waals surface area contributed by atoms with Gasteiger partial charge in [-0.25, -0.2) is 4.39 Å². The van der Waals surface area contributed by atoms with Gasteiger partial charge in [0.2, 0.25) is 0 Å². The van der Waals surface area contributed by atoms with E-state index >= 15 is 0 Å². The molecule has 88 valence electrons. The lowest BCUT2D eigenvalue weighted by Crippen LogP contribution is -2.24. The van der Waals surface area contributed by atoms with Crippen LogP contribution in [0.3, 0.4) is 0 Å². The molecule has 1 aliphatic carbocycles. The molecule has 0 unspecified atom stereocenters. The van der Waals surface area contributed by atoms with Gasteiger partial charge in [0, 0.05) is 11.6 Å². The standard InChI is InChI=1S/C14H20FN/c1-10-7-8-13(15)12(9-10)14(16)11-5-3-2-4-6-11/h7-9,11,14H,2-6,16H2,1H3/t14-/m1/s1. The fourth-order valence-corrected chi connectivity index (χ4v) is 2.67. The quantitative estimate of drug-likeness (QED) is 0.809. The maximum atomic E-state index is 13.7. The highest BCUT2D eigenvalue weighted by molar-refractivity contribution is 5.27. The maximum Gasteiger partial charge on any atom is 0.127 e. The summed E-state index contributed by atoms with van der Waals surface area (Å²) in [7, 11) is 0. The number of aryl methyl sites for hydroxylation is 1. The third kappa shape index (κ3) is 2.43. The van der Waals surface area contributed by atoms with Crippen molar-refractivity contribution in [2.75, 3.05) is 0 Å². The van der Waals surface area contributed by atoms with E-state index in [0.717, 1.165) is 18.4 Å². The van der Waals surface area contributed by atoms with Gasteiger partial charge in [-0.15, -0.1) is 0 Å². The van der Waals surface area contributed by atoms with E-state index in [4.69, 9.17) is 5.73 Å². The molecule has 1 aromatic rings. The summed E-state index contributed by atoms with van der Waals surface area (Å²) in [5, 5.41) is 0. The normalized spacial score (nSPS) is 19.7. The van der Waals surface area contributed by atoms with Gasteiger partial charge in [-0.1, -0.05) is 37.0 Å². The summed E-state index contributed by atoms with van der Waals surface area (Å²) in [6.45, 7) is 1.98. The molecule has 0 radical (unpaired) electrons. The minimum absolute atomic E-state index is 0.125. The van der Waals surface area contributed by atoms with Crippen molar-refractivity contribution in [1.29, 1.82) is 0 Å². The zero-order chi connectivity index (χ0) is 11.5. The van der Waals surface area contributed by atoms with Crippen LogP contribution in [0.25, 0.3) is 0 Å². The average molecular weight is 221 g/mol. The van der Waals surface area contributed by atoms with E-state index in [1.165, 1.54) is 25.3 Å². The Morgan fingerprint density at radius 3 is 2.62 bits per heavy atom. The van der Waals surface area contributed by atoms with Gasteiger partial charge in [-0.2, -0.15) is 0 Å². The molecule has 1 nitrogen and oxygen atoms in total.